The zero-order valence-corrected chi connectivity index (χ0v) is 9.52. The van der Waals surface area contributed by atoms with Gasteiger partial charge in [0, 0.05) is 4.47 Å². The Balaban J connectivity index is 3.09. The Bertz CT molecular complexity index is 363. The molecule has 1 aromatic carbocycles. The van der Waals surface area contributed by atoms with Crippen LogP contribution in [0, 0.1) is 12.7 Å². The quantitative estimate of drug-likeness (QED) is 0.765. The Labute approximate surface area is 90.2 Å². The maximum absolute atomic E-state index is 13.1. The molecule has 0 aliphatic rings. The number of hydrogen-bond acceptors (Lipinski definition) is 2. The van der Waals surface area contributed by atoms with Gasteiger partial charge in [0.1, 0.15) is 5.82 Å². The number of benzene rings is 1. The second-order valence-corrected chi connectivity index (χ2v) is 3.66. The average Bonchev–Trinajstić information content (AvgIpc) is 2.11. The molecule has 0 radical (unpaired) electrons. The third-order valence-electron chi connectivity index (χ3n) is 1.74. The fourth-order valence-corrected chi connectivity index (χ4v) is 1.63. The van der Waals surface area contributed by atoms with Gasteiger partial charge >= 0.3 is 5.97 Å². The molecule has 0 aliphatic heterocycles. The van der Waals surface area contributed by atoms with E-state index in [1.54, 1.807) is 19.9 Å². The summed E-state index contributed by atoms with van der Waals surface area (Å²) in [4.78, 5) is 11.3. The van der Waals surface area contributed by atoms with Gasteiger partial charge in [-0.2, -0.15) is 0 Å². The van der Waals surface area contributed by atoms with Crippen molar-refractivity contribution >= 4 is 21.9 Å². The van der Waals surface area contributed by atoms with Crippen molar-refractivity contribution in [3.8, 4) is 0 Å². The van der Waals surface area contributed by atoms with Crippen molar-refractivity contribution in [3.63, 3.8) is 0 Å². The summed E-state index contributed by atoms with van der Waals surface area (Å²) in [5.74, 6) is -0.922. The fraction of sp³-hybridized carbons (Fsp3) is 0.300. The van der Waals surface area contributed by atoms with Crippen LogP contribution in [-0.2, 0) is 4.74 Å². The summed E-state index contributed by atoms with van der Waals surface area (Å²) < 4.78 is 18.5. The fourth-order valence-electron chi connectivity index (χ4n) is 1.01. The average molecular weight is 261 g/mol. The first-order valence-electron chi connectivity index (χ1n) is 4.19. The normalized spacial score (nSPS) is 10.0. The highest BCUT2D eigenvalue weighted by molar-refractivity contribution is 9.10. The molecule has 0 atom stereocenters. The van der Waals surface area contributed by atoms with E-state index in [2.05, 4.69) is 15.9 Å². The highest BCUT2D eigenvalue weighted by Gasteiger charge is 2.13. The van der Waals surface area contributed by atoms with Crippen molar-refractivity contribution in [1.29, 1.82) is 0 Å². The van der Waals surface area contributed by atoms with Crippen LogP contribution in [0.3, 0.4) is 0 Å². The van der Waals surface area contributed by atoms with Gasteiger partial charge in [0.2, 0.25) is 0 Å². The molecule has 0 aromatic heterocycles. The summed E-state index contributed by atoms with van der Waals surface area (Å²) in [7, 11) is 0. The zero-order chi connectivity index (χ0) is 10.7. The Kier molecular flexibility index (Phi) is 3.63. The molecule has 1 aromatic rings. The lowest BCUT2D eigenvalue weighted by Gasteiger charge is -2.05. The van der Waals surface area contributed by atoms with E-state index in [9.17, 15) is 9.18 Å². The standard InChI is InChI=1S/C10H10BrFO2/c1-3-14-10(13)7-5-9(12)6(2)4-8(7)11/h4-5H,3H2,1-2H3. The molecule has 0 N–H and O–H groups in total. The minimum Gasteiger partial charge on any atom is -0.462 e. The third-order valence-corrected chi connectivity index (χ3v) is 2.40. The van der Waals surface area contributed by atoms with E-state index < -0.39 is 11.8 Å². The van der Waals surface area contributed by atoms with Crippen LogP contribution >= 0.6 is 15.9 Å². The number of rotatable bonds is 2. The maximum atomic E-state index is 13.1. The summed E-state index contributed by atoms with van der Waals surface area (Å²) in [6.45, 7) is 3.62. The zero-order valence-electron chi connectivity index (χ0n) is 7.93. The minimum atomic E-state index is -0.515. The SMILES string of the molecule is CCOC(=O)c1cc(F)c(C)cc1Br. The van der Waals surface area contributed by atoms with E-state index in [1.807, 2.05) is 0 Å². The summed E-state index contributed by atoms with van der Waals surface area (Å²) in [5, 5.41) is 0. The highest BCUT2D eigenvalue weighted by Crippen LogP contribution is 2.21. The van der Waals surface area contributed by atoms with Crippen LogP contribution in [-0.4, -0.2) is 12.6 Å². The van der Waals surface area contributed by atoms with E-state index >= 15 is 0 Å². The predicted octanol–water partition coefficient (Wildman–Crippen LogP) is 3.07. The molecule has 0 saturated heterocycles. The van der Waals surface area contributed by atoms with Crippen molar-refractivity contribution < 1.29 is 13.9 Å². The Hall–Kier alpha value is -0.900. The molecule has 14 heavy (non-hydrogen) atoms. The van der Waals surface area contributed by atoms with Gasteiger partial charge in [-0.25, -0.2) is 9.18 Å². The van der Waals surface area contributed by atoms with E-state index in [4.69, 9.17) is 4.74 Å². The first-order valence-corrected chi connectivity index (χ1v) is 4.98. The number of aryl methyl sites for hydroxylation is 1. The third kappa shape index (κ3) is 2.32. The molecule has 0 saturated carbocycles. The van der Waals surface area contributed by atoms with Crippen molar-refractivity contribution in [2.45, 2.75) is 13.8 Å². The van der Waals surface area contributed by atoms with Crippen molar-refractivity contribution in [1.82, 2.24) is 0 Å². The molecule has 76 valence electrons. The topological polar surface area (TPSA) is 26.3 Å². The largest absolute Gasteiger partial charge is 0.462 e. The smallest absolute Gasteiger partial charge is 0.339 e. The van der Waals surface area contributed by atoms with Crippen LogP contribution in [0.25, 0.3) is 0 Å². The number of hydrogen-bond donors (Lipinski definition) is 0. The lowest BCUT2D eigenvalue weighted by atomic mass is 10.1. The summed E-state index contributed by atoms with van der Waals surface area (Å²) in [5.41, 5.74) is 0.708. The minimum absolute atomic E-state index is 0.218. The van der Waals surface area contributed by atoms with Gasteiger partial charge in [0.05, 0.1) is 12.2 Å². The first-order chi connectivity index (χ1) is 6.56. The van der Waals surface area contributed by atoms with E-state index in [0.717, 1.165) is 0 Å². The van der Waals surface area contributed by atoms with Crippen molar-refractivity contribution in [2.24, 2.45) is 0 Å². The van der Waals surface area contributed by atoms with Gasteiger partial charge in [0.25, 0.3) is 0 Å². The van der Waals surface area contributed by atoms with Gasteiger partial charge < -0.3 is 4.74 Å². The molecular weight excluding hydrogens is 251 g/mol. The lowest BCUT2D eigenvalue weighted by Crippen LogP contribution is -2.06. The van der Waals surface area contributed by atoms with Crippen molar-refractivity contribution in [2.75, 3.05) is 6.61 Å². The molecule has 0 fully saturated rings. The van der Waals surface area contributed by atoms with E-state index in [1.165, 1.54) is 6.07 Å². The molecule has 2 nitrogen and oxygen atoms in total. The Morgan fingerprint density at radius 1 is 1.57 bits per heavy atom. The predicted molar refractivity (Wildman–Crippen MR) is 54.8 cm³/mol. The summed E-state index contributed by atoms with van der Waals surface area (Å²) in [6, 6.07) is 2.74. The summed E-state index contributed by atoms with van der Waals surface area (Å²) in [6.07, 6.45) is 0. The number of carbonyl (C=O) groups excluding carboxylic acids is 1. The lowest BCUT2D eigenvalue weighted by molar-refractivity contribution is 0.0524. The van der Waals surface area contributed by atoms with Gasteiger partial charge in [0.15, 0.2) is 0 Å². The van der Waals surface area contributed by atoms with E-state index in [-0.39, 0.29) is 12.2 Å². The molecular formula is C10H10BrFO2. The molecule has 1 rings (SSSR count). The molecule has 0 bridgehead atoms. The Morgan fingerprint density at radius 3 is 2.79 bits per heavy atom. The van der Waals surface area contributed by atoms with Crippen LogP contribution in [0.5, 0.6) is 0 Å². The van der Waals surface area contributed by atoms with Gasteiger partial charge in [-0.3, -0.25) is 0 Å². The number of ether oxygens (including phenoxy) is 1. The Morgan fingerprint density at radius 2 is 2.21 bits per heavy atom. The molecule has 0 unspecified atom stereocenters. The number of esters is 1. The van der Waals surface area contributed by atoms with Gasteiger partial charge in [-0.05, 0) is 47.5 Å². The molecule has 0 heterocycles. The molecule has 0 spiro atoms. The van der Waals surface area contributed by atoms with Crippen LogP contribution in [0.2, 0.25) is 0 Å². The van der Waals surface area contributed by atoms with Crippen LogP contribution in [0.4, 0.5) is 4.39 Å². The van der Waals surface area contributed by atoms with Crippen LogP contribution < -0.4 is 0 Å². The van der Waals surface area contributed by atoms with Crippen LogP contribution in [0.15, 0.2) is 16.6 Å². The molecule has 0 amide bonds. The monoisotopic (exact) mass is 260 g/mol. The second-order valence-electron chi connectivity index (χ2n) is 2.80. The maximum Gasteiger partial charge on any atom is 0.339 e. The second kappa shape index (κ2) is 4.55. The number of halogens is 2. The van der Waals surface area contributed by atoms with Crippen LogP contribution in [0.1, 0.15) is 22.8 Å². The molecule has 0 aliphatic carbocycles. The number of carbonyl (C=O) groups is 1. The van der Waals surface area contributed by atoms with E-state index in [0.29, 0.717) is 10.0 Å². The molecule has 4 heteroatoms. The van der Waals surface area contributed by atoms with Gasteiger partial charge in [-0.1, -0.05) is 0 Å². The summed E-state index contributed by atoms with van der Waals surface area (Å²) >= 11 is 3.18. The van der Waals surface area contributed by atoms with Crippen molar-refractivity contribution in [3.05, 3.63) is 33.5 Å². The van der Waals surface area contributed by atoms with Gasteiger partial charge in [-0.15, -0.1) is 0 Å². The first kappa shape index (κ1) is 11.2. The highest BCUT2D eigenvalue weighted by atomic mass is 79.9.